The molecule has 0 atom stereocenters. The van der Waals surface area contributed by atoms with Crippen LogP contribution in [0.15, 0.2) is 49.4 Å². The van der Waals surface area contributed by atoms with E-state index >= 15 is 0 Å². The molecule has 1 aromatic carbocycles. The second-order valence-electron chi connectivity index (χ2n) is 3.25. The summed E-state index contributed by atoms with van der Waals surface area (Å²) in [5.74, 6) is 0.147. The SMILES string of the molecule is C=COC(=C)CNC(=O)c1ccc(C=O)cc1. The molecule has 0 aliphatic rings. The van der Waals surface area contributed by atoms with E-state index in [-0.39, 0.29) is 12.5 Å². The van der Waals surface area contributed by atoms with Gasteiger partial charge in [0.2, 0.25) is 0 Å². The van der Waals surface area contributed by atoms with Gasteiger partial charge >= 0.3 is 0 Å². The molecule has 0 aromatic heterocycles. The summed E-state index contributed by atoms with van der Waals surface area (Å²) in [7, 11) is 0. The first-order valence-corrected chi connectivity index (χ1v) is 4.96. The third-order valence-electron chi connectivity index (χ3n) is 2.01. The number of rotatable bonds is 6. The van der Waals surface area contributed by atoms with E-state index in [1.54, 1.807) is 24.3 Å². The Hall–Kier alpha value is -2.36. The van der Waals surface area contributed by atoms with Gasteiger partial charge in [0.1, 0.15) is 12.0 Å². The molecule has 0 unspecified atom stereocenters. The summed E-state index contributed by atoms with van der Waals surface area (Å²) in [6.45, 7) is 7.17. The Labute approximate surface area is 99.6 Å². The van der Waals surface area contributed by atoms with Crippen LogP contribution in [0.4, 0.5) is 0 Å². The molecule has 0 fully saturated rings. The predicted octanol–water partition coefficient (Wildman–Crippen LogP) is 1.90. The van der Waals surface area contributed by atoms with Gasteiger partial charge in [-0.2, -0.15) is 0 Å². The van der Waals surface area contributed by atoms with Crippen molar-refractivity contribution in [2.24, 2.45) is 0 Å². The minimum absolute atomic E-state index is 0.209. The number of carbonyl (C=O) groups is 2. The molecule has 0 saturated heterocycles. The van der Waals surface area contributed by atoms with Crippen molar-refractivity contribution in [2.45, 2.75) is 0 Å². The molecule has 4 nitrogen and oxygen atoms in total. The molecule has 1 amide bonds. The van der Waals surface area contributed by atoms with Crippen LogP contribution in [0.5, 0.6) is 0 Å². The number of carbonyl (C=O) groups excluding carboxylic acids is 2. The molecule has 0 spiro atoms. The summed E-state index contributed by atoms with van der Waals surface area (Å²) in [5.41, 5.74) is 1.00. The van der Waals surface area contributed by atoms with Crippen LogP contribution in [0.25, 0.3) is 0 Å². The van der Waals surface area contributed by atoms with Crippen molar-refractivity contribution in [3.63, 3.8) is 0 Å². The van der Waals surface area contributed by atoms with Crippen molar-refractivity contribution in [2.75, 3.05) is 6.54 Å². The van der Waals surface area contributed by atoms with Crippen molar-refractivity contribution in [1.82, 2.24) is 5.32 Å². The fraction of sp³-hybridized carbons (Fsp3) is 0.0769. The van der Waals surface area contributed by atoms with Crippen LogP contribution in [-0.4, -0.2) is 18.7 Å². The summed E-state index contributed by atoms with van der Waals surface area (Å²) < 4.78 is 4.87. The summed E-state index contributed by atoms with van der Waals surface area (Å²) in [4.78, 5) is 22.1. The molecule has 4 heteroatoms. The number of benzene rings is 1. The zero-order valence-corrected chi connectivity index (χ0v) is 9.31. The molecular formula is C13H13NO3. The predicted molar refractivity (Wildman–Crippen MR) is 64.6 cm³/mol. The Kier molecular flexibility index (Phi) is 4.69. The van der Waals surface area contributed by atoms with Gasteiger partial charge < -0.3 is 10.1 Å². The Morgan fingerprint density at radius 2 is 2.00 bits per heavy atom. The number of nitrogens with one attached hydrogen (secondary N) is 1. The highest BCUT2D eigenvalue weighted by Crippen LogP contribution is 2.02. The number of ether oxygens (including phenoxy) is 1. The van der Waals surface area contributed by atoms with E-state index in [1.165, 1.54) is 6.26 Å². The van der Waals surface area contributed by atoms with E-state index in [4.69, 9.17) is 4.74 Å². The normalized spacial score (nSPS) is 9.18. The minimum Gasteiger partial charge on any atom is -0.469 e. The van der Waals surface area contributed by atoms with Crippen LogP contribution < -0.4 is 5.32 Å². The highest BCUT2D eigenvalue weighted by Gasteiger charge is 2.05. The molecule has 0 bridgehead atoms. The molecule has 88 valence electrons. The fourth-order valence-corrected chi connectivity index (χ4v) is 1.15. The van der Waals surface area contributed by atoms with E-state index in [9.17, 15) is 9.59 Å². The van der Waals surface area contributed by atoms with E-state index < -0.39 is 0 Å². The van der Waals surface area contributed by atoms with Crippen LogP contribution in [-0.2, 0) is 4.74 Å². The van der Waals surface area contributed by atoms with E-state index in [0.29, 0.717) is 16.9 Å². The van der Waals surface area contributed by atoms with Crippen molar-refractivity contribution in [1.29, 1.82) is 0 Å². The number of aldehydes is 1. The van der Waals surface area contributed by atoms with Crippen LogP contribution in [0.1, 0.15) is 20.7 Å². The lowest BCUT2D eigenvalue weighted by molar-refractivity contribution is 0.0951. The first-order valence-electron chi connectivity index (χ1n) is 4.96. The zero-order chi connectivity index (χ0) is 12.7. The third kappa shape index (κ3) is 3.95. The van der Waals surface area contributed by atoms with Gasteiger partial charge in [0, 0.05) is 11.1 Å². The third-order valence-corrected chi connectivity index (χ3v) is 2.01. The Morgan fingerprint density at radius 3 is 2.53 bits per heavy atom. The van der Waals surface area contributed by atoms with Crippen molar-refractivity contribution in [3.05, 3.63) is 60.6 Å². The highest BCUT2D eigenvalue weighted by molar-refractivity contribution is 5.94. The van der Waals surface area contributed by atoms with Gasteiger partial charge in [-0.15, -0.1) is 0 Å². The molecule has 0 saturated carbocycles. The van der Waals surface area contributed by atoms with Crippen LogP contribution in [0.2, 0.25) is 0 Å². The van der Waals surface area contributed by atoms with Crippen molar-refractivity contribution < 1.29 is 14.3 Å². The van der Waals surface area contributed by atoms with Gasteiger partial charge in [-0.05, 0) is 12.1 Å². The average Bonchev–Trinajstić information content (AvgIpc) is 2.36. The summed E-state index contributed by atoms with van der Waals surface area (Å²) >= 11 is 0. The number of hydrogen-bond donors (Lipinski definition) is 1. The summed E-state index contributed by atoms with van der Waals surface area (Å²) in [5, 5.41) is 2.62. The maximum atomic E-state index is 11.6. The van der Waals surface area contributed by atoms with E-state index in [0.717, 1.165) is 6.29 Å². The molecule has 0 aliphatic heterocycles. The molecule has 0 radical (unpaired) electrons. The maximum Gasteiger partial charge on any atom is 0.251 e. The summed E-state index contributed by atoms with van der Waals surface area (Å²) in [6, 6.07) is 6.32. The minimum atomic E-state index is -0.253. The molecule has 0 heterocycles. The maximum absolute atomic E-state index is 11.6. The lowest BCUT2D eigenvalue weighted by Gasteiger charge is -2.06. The molecule has 1 N–H and O–H groups in total. The second kappa shape index (κ2) is 6.27. The molecule has 17 heavy (non-hydrogen) atoms. The van der Waals surface area contributed by atoms with Gasteiger partial charge in [-0.25, -0.2) is 0 Å². The topological polar surface area (TPSA) is 55.4 Å². The van der Waals surface area contributed by atoms with Crippen molar-refractivity contribution >= 4 is 12.2 Å². The average molecular weight is 231 g/mol. The largest absolute Gasteiger partial charge is 0.469 e. The Morgan fingerprint density at radius 1 is 1.35 bits per heavy atom. The lowest BCUT2D eigenvalue weighted by Crippen LogP contribution is -2.25. The van der Waals surface area contributed by atoms with Gasteiger partial charge in [0.05, 0.1) is 12.8 Å². The standard InChI is InChI=1S/C13H13NO3/c1-3-17-10(2)8-14-13(16)12-6-4-11(9-15)5-7-12/h3-7,9H,1-2,8H2,(H,14,16). The molecule has 0 aliphatic carbocycles. The zero-order valence-electron chi connectivity index (χ0n) is 9.31. The summed E-state index contributed by atoms with van der Waals surface area (Å²) in [6.07, 6.45) is 1.97. The Bertz CT molecular complexity index is 434. The van der Waals surface area contributed by atoms with E-state index in [1.807, 2.05) is 0 Å². The van der Waals surface area contributed by atoms with Crippen molar-refractivity contribution in [3.8, 4) is 0 Å². The van der Waals surface area contributed by atoms with Gasteiger partial charge in [-0.3, -0.25) is 9.59 Å². The van der Waals surface area contributed by atoms with Crippen LogP contribution >= 0.6 is 0 Å². The quantitative estimate of drug-likeness (QED) is 0.601. The number of amides is 1. The Balaban J connectivity index is 2.54. The molecule has 1 aromatic rings. The van der Waals surface area contributed by atoms with Gasteiger partial charge in [-0.1, -0.05) is 25.3 Å². The first kappa shape index (κ1) is 12.7. The van der Waals surface area contributed by atoms with Gasteiger partial charge in [0.15, 0.2) is 0 Å². The van der Waals surface area contributed by atoms with Gasteiger partial charge in [0.25, 0.3) is 5.91 Å². The fourth-order valence-electron chi connectivity index (χ4n) is 1.15. The highest BCUT2D eigenvalue weighted by atomic mass is 16.5. The van der Waals surface area contributed by atoms with E-state index in [2.05, 4.69) is 18.5 Å². The smallest absolute Gasteiger partial charge is 0.251 e. The molecular weight excluding hydrogens is 218 g/mol. The first-order chi connectivity index (χ1) is 8.17. The van der Waals surface area contributed by atoms with Crippen LogP contribution in [0.3, 0.4) is 0 Å². The second-order valence-corrected chi connectivity index (χ2v) is 3.25. The monoisotopic (exact) mass is 231 g/mol. The lowest BCUT2D eigenvalue weighted by atomic mass is 10.1. The molecule has 1 rings (SSSR count). The van der Waals surface area contributed by atoms with Crippen LogP contribution in [0, 0.1) is 0 Å². The number of hydrogen-bond acceptors (Lipinski definition) is 3.